The third-order valence-corrected chi connectivity index (χ3v) is 3.59. The largest absolute Gasteiger partial charge is 0.472 e. The molecule has 0 radical (unpaired) electrons. The van der Waals surface area contributed by atoms with E-state index in [2.05, 4.69) is 10.9 Å². The normalized spacial score (nSPS) is 11.0. The van der Waals surface area contributed by atoms with E-state index in [1.54, 1.807) is 17.7 Å². The van der Waals surface area contributed by atoms with Gasteiger partial charge in [0, 0.05) is 13.6 Å². The molecule has 3 rings (SSSR count). The number of hydrogen-bond donors (Lipinski definition) is 0. The highest BCUT2D eigenvalue weighted by molar-refractivity contribution is 5.76. The molecule has 0 saturated carbocycles. The van der Waals surface area contributed by atoms with Crippen LogP contribution in [0.2, 0.25) is 0 Å². The summed E-state index contributed by atoms with van der Waals surface area (Å²) in [4.78, 5) is 29.4. The molecule has 0 atom stereocenters. The second-order valence-electron chi connectivity index (χ2n) is 4.80. The molecule has 3 aromatic rings. The Morgan fingerprint density at radius 2 is 2.14 bits per heavy atom. The lowest BCUT2D eigenvalue weighted by Crippen LogP contribution is -2.40. The summed E-state index contributed by atoms with van der Waals surface area (Å²) in [7, 11) is 1.73. The van der Waals surface area contributed by atoms with E-state index >= 15 is 0 Å². The van der Waals surface area contributed by atoms with E-state index in [9.17, 15) is 9.59 Å². The zero-order valence-electron chi connectivity index (χ0n) is 12.2. The fraction of sp³-hybridized carbons (Fsp3) is 0.267. The van der Waals surface area contributed by atoms with E-state index < -0.39 is 11.2 Å². The van der Waals surface area contributed by atoms with E-state index in [0.717, 1.165) is 10.1 Å². The molecule has 0 amide bonds. The van der Waals surface area contributed by atoms with Gasteiger partial charge in [-0.15, -0.1) is 6.42 Å². The Morgan fingerprint density at radius 3 is 2.73 bits per heavy atom. The number of rotatable bonds is 3. The molecule has 0 bridgehead atoms. The third-order valence-electron chi connectivity index (χ3n) is 3.59. The van der Waals surface area contributed by atoms with Crippen molar-refractivity contribution >= 4 is 11.2 Å². The Kier molecular flexibility index (Phi) is 3.22. The van der Waals surface area contributed by atoms with Gasteiger partial charge in [0.05, 0.1) is 18.4 Å². The van der Waals surface area contributed by atoms with Crippen LogP contribution in [0.3, 0.4) is 0 Å². The van der Waals surface area contributed by atoms with Crippen molar-refractivity contribution in [2.75, 3.05) is 0 Å². The standard InChI is InChI=1S/C15H14N4O3/c1-4-7-19-14(20)11-13(18(5-2)15(19)21)16-12(17(11)3)10-6-8-22-9-10/h1,6,8-9H,5,7H2,2-3H3. The lowest BCUT2D eigenvalue weighted by Gasteiger charge is -2.07. The summed E-state index contributed by atoms with van der Waals surface area (Å²) in [6.45, 7) is 2.14. The predicted molar refractivity (Wildman–Crippen MR) is 81.4 cm³/mol. The molecule has 7 heteroatoms. The molecule has 0 aromatic carbocycles. The molecule has 0 unspecified atom stereocenters. The van der Waals surface area contributed by atoms with Crippen molar-refractivity contribution in [3.05, 3.63) is 39.4 Å². The molecule has 0 aliphatic rings. The van der Waals surface area contributed by atoms with Crippen LogP contribution in [0.5, 0.6) is 0 Å². The maximum Gasteiger partial charge on any atom is 0.333 e. The van der Waals surface area contributed by atoms with Gasteiger partial charge in [0.2, 0.25) is 0 Å². The zero-order chi connectivity index (χ0) is 15.9. The highest BCUT2D eigenvalue weighted by Crippen LogP contribution is 2.21. The Balaban J connectivity index is 2.48. The van der Waals surface area contributed by atoms with Gasteiger partial charge in [0.15, 0.2) is 11.2 Å². The van der Waals surface area contributed by atoms with Crippen molar-refractivity contribution in [3.63, 3.8) is 0 Å². The van der Waals surface area contributed by atoms with Gasteiger partial charge >= 0.3 is 5.69 Å². The van der Waals surface area contributed by atoms with Crippen LogP contribution in [0.15, 0.2) is 32.6 Å². The van der Waals surface area contributed by atoms with E-state index in [1.165, 1.54) is 17.1 Å². The van der Waals surface area contributed by atoms with E-state index in [0.29, 0.717) is 23.5 Å². The smallest absolute Gasteiger partial charge is 0.333 e. The zero-order valence-corrected chi connectivity index (χ0v) is 12.2. The van der Waals surface area contributed by atoms with Gasteiger partial charge < -0.3 is 8.98 Å². The minimum absolute atomic E-state index is 0.0696. The summed E-state index contributed by atoms with van der Waals surface area (Å²) in [6, 6.07) is 1.75. The number of aryl methyl sites for hydroxylation is 2. The number of nitrogens with zero attached hydrogens (tertiary/aromatic N) is 4. The van der Waals surface area contributed by atoms with Crippen molar-refractivity contribution < 1.29 is 4.42 Å². The molecular weight excluding hydrogens is 284 g/mol. The molecule has 7 nitrogen and oxygen atoms in total. The number of aromatic nitrogens is 4. The number of imidazole rings is 1. The van der Waals surface area contributed by atoms with Crippen LogP contribution in [0.25, 0.3) is 22.6 Å². The summed E-state index contributed by atoms with van der Waals surface area (Å²) >= 11 is 0. The van der Waals surface area contributed by atoms with E-state index in [4.69, 9.17) is 10.8 Å². The van der Waals surface area contributed by atoms with E-state index in [-0.39, 0.29) is 6.54 Å². The lowest BCUT2D eigenvalue weighted by molar-refractivity contribution is 0.567. The first-order chi connectivity index (χ1) is 10.6. The fourth-order valence-corrected chi connectivity index (χ4v) is 2.53. The second kappa shape index (κ2) is 5.07. The Morgan fingerprint density at radius 1 is 1.36 bits per heavy atom. The molecule has 0 aliphatic heterocycles. The van der Waals surface area contributed by atoms with Crippen LogP contribution < -0.4 is 11.2 Å². The van der Waals surface area contributed by atoms with Gasteiger partial charge in [0.1, 0.15) is 12.1 Å². The van der Waals surface area contributed by atoms with Gasteiger partial charge in [0.25, 0.3) is 5.56 Å². The fourth-order valence-electron chi connectivity index (χ4n) is 2.53. The predicted octanol–water partition coefficient (Wildman–Crippen LogP) is 0.810. The van der Waals surface area contributed by atoms with Crippen LogP contribution in [0.1, 0.15) is 6.92 Å². The minimum Gasteiger partial charge on any atom is -0.472 e. The van der Waals surface area contributed by atoms with Crippen molar-refractivity contribution in [3.8, 4) is 23.7 Å². The Bertz CT molecular complexity index is 997. The molecule has 22 heavy (non-hydrogen) atoms. The molecule has 0 saturated heterocycles. The van der Waals surface area contributed by atoms with Crippen LogP contribution in [-0.2, 0) is 20.1 Å². The molecule has 3 aromatic heterocycles. The van der Waals surface area contributed by atoms with Crippen molar-refractivity contribution in [1.29, 1.82) is 0 Å². The molecule has 0 fully saturated rings. The van der Waals surface area contributed by atoms with Gasteiger partial charge in [-0.05, 0) is 13.0 Å². The topological polar surface area (TPSA) is 75.0 Å². The number of fused-ring (bicyclic) bond motifs is 1. The van der Waals surface area contributed by atoms with Crippen LogP contribution >= 0.6 is 0 Å². The monoisotopic (exact) mass is 298 g/mol. The number of terminal acetylenes is 1. The summed E-state index contributed by atoms with van der Waals surface area (Å²) in [5.74, 6) is 2.90. The van der Waals surface area contributed by atoms with E-state index in [1.807, 2.05) is 6.92 Å². The summed E-state index contributed by atoms with van der Waals surface area (Å²) in [5.41, 5.74) is 0.538. The maximum absolute atomic E-state index is 12.6. The number of furan rings is 1. The van der Waals surface area contributed by atoms with Gasteiger partial charge in [-0.2, -0.15) is 0 Å². The van der Waals surface area contributed by atoms with Gasteiger partial charge in [-0.25, -0.2) is 14.3 Å². The lowest BCUT2D eigenvalue weighted by atomic mass is 10.3. The molecule has 0 spiro atoms. The summed E-state index contributed by atoms with van der Waals surface area (Å²) in [5, 5.41) is 0. The SMILES string of the molecule is C#CCn1c(=O)c2c(nc(-c3ccoc3)n2C)n(CC)c1=O. The van der Waals surface area contributed by atoms with Crippen LogP contribution in [-0.4, -0.2) is 18.7 Å². The first-order valence-electron chi connectivity index (χ1n) is 6.76. The summed E-state index contributed by atoms with van der Waals surface area (Å²) in [6.07, 6.45) is 8.32. The third kappa shape index (κ3) is 1.81. The highest BCUT2D eigenvalue weighted by Gasteiger charge is 2.20. The molecule has 112 valence electrons. The first kappa shape index (κ1) is 13.9. The first-order valence-corrected chi connectivity index (χ1v) is 6.76. The molecule has 3 heterocycles. The Hall–Kier alpha value is -3.01. The van der Waals surface area contributed by atoms with Crippen LogP contribution in [0.4, 0.5) is 0 Å². The number of hydrogen-bond acceptors (Lipinski definition) is 4. The van der Waals surface area contributed by atoms with Crippen molar-refractivity contribution in [2.45, 2.75) is 20.0 Å². The molecule has 0 aliphatic carbocycles. The maximum atomic E-state index is 12.6. The second-order valence-corrected chi connectivity index (χ2v) is 4.80. The Labute approximate surface area is 125 Å². The van der Waals surface area contributed by atoms with Crippen LogP contribution in [0, 0.1) is 12.3 Å². The minimum atomic E-state index is -0.449. The average Bonchev–Trinajstić information content (AvgIpc) is 3.12. The van der Waals surface area contributed by atoms with Crippen molar-refractivity contribution in [2.24, 2.45) is 7.05 Å². The molecular formula is C15H14N4O3. The van der Waals surface area contributed by atoms with Gasteiger partial charge in [-0.1, -0.05) is 5.92 Å². The quantitative estimate of drug-likeness (QED) is 0.671. The highest BCUT2D eigenvalue weighted by atomic mass is 16.3. The van der Waals surface area contributed by atoms with Crippen molar-refractivity contribution in [1.82, 2.24) is 18.7 Å². The molecule has 0 N–H and O–H groups in total. The average molecular weight is 298 g/mol. The van der Waals surface area contributed by atoms with Gasteiger partial charge in [-0.3, -0.25) is 9.36 Å². The summed E-state index contributed by atoms with van der Waals surface area (Å²) < 4.78 is 9.21.